The van der Waals surface area contributed by atoms with E-state index in [-0.39, 0.29) is 12.1 Å². The van der Waals surface area contributed by atoms with Crippen molar-refractivity contribution in [3.63, 3.8) is 0 Å². The van der Waals surface area contributed by atoms with Gasteiger partial charge in [0.15, 0.2) is 0 Å². The molecule has 0 aromatic rings. The Balaban J connectivity index is 1.95. The molecule has 2 unspecified atom stereocenters. The minimum absolute atomic E-state index is 0.146. The van der Waals surface area contributed by atoms with Crippen LogP contribution in [0.2, 0.25) is 0 Å². The first kappa shape index (κ1) is 16.6. The summed E-state index contributed by atoms with van der Waals surface area (Å²) in [6, 6.07) is 1.26. The van der Waals surface area contributed by atoms with Gasteiger partial charge in [0.1, 0.15) is 5.60 Å². The van der Waals surface area contributed by atoms with E-state index in [2.05, 4.69) is 12.2 Å². The van der Waals surface area contributed by atoms with Gasteiger partial charge >= 0.3 is 6.09 Å². The van der Waals surface area contributed by atoms with Gasteiger partial charge in [-0.1, -0.05) is 12.8 Å². The SMILES string of the molecule is CC(NC1CCCC1)C1CCCCN1C(=O)OC(C)(C)C. The molecule has 21 heavy (non-hydrogen) atoms. The molecule has 2 aliphatic rings. The maximum Gasteiger partial charge on any atom is 0.410 e. The zero-order valence-corrected chi connectivity index (χ0v) is 14.2. The molecule has 2 fully saturated rings. The number of hydrogen-bond donors (Lipinski definition) is 1. The lowest BCUT2D eigenvalue weighted by atomic mass is 9.96. The largest absolute Gasteiger partial charge is 0.444 e. The third-order valence-corrected chi connectivity index (χ3v) is 4.61. The van der Waals surface area contributed by atoms with Gasteiger partial charge in [-0.05, 0) is 59.8 Å². The number of nitrogens with zero attached hydrogens (tertiary/aromatic N) is 1. The van der Waals surface area contributed by atoms with Crippen molar-refractivity contribution in [2.75, 3.05) is 6.54 Å². The van der Waals surface area contributed by atoms with Crippen LogP contribution in [0.5, 0.6) is 0 Å². The maximum absolute atomic E-state index is 12.4. The van der Waals surface area contributed by atoms with Crippen molar-refractivity contribution >= 4 is 6.09 Å². The molecule has 4 heteroatoms. The Kier molecular flexibility index (Phi) is 5.53. The first-order valence-corrected chi connectivity index (χ1v) is 8.62. The summed E-state index contributed by atoms with van der Waals surface area (Å²) in [6.07, 6.45) is 8.47. The molecule has 1 saturated carbocycles. The smallest absolute Gasteiger partial charge is 0.410 e. The van der Waals surface area contributed by atoms with Crippen LogP contribution in [0.3, 0.4) is 0 Å². The minimum atomic E-state index is -0.415. The summed E-state index contributed by atoms with van der Waals surface area (Å²) < 4.78 is 5.59. The molecule has 2 atom stereocenters. The number of nitrogens with one attached hydrogen (secondary N) is 1. The van der Waals surface area contributed by atoms with Gasteiger partial charge in [-0.3, -0.25) is 0 Å². The van der Waals surface area contributed by atoms with Crippen LogP contribution in [-0.4, -0.2) is 41.3 Å². The third kappa shape index (κ3) is 4.87. The second-order valence-electron chi connectivity index (χ2n) is 7.67. The Labute approximate surface area is 129 Å². The van der Waals surface area contributed by atoms with Crippen molar-refractivity contribution in [1.29, 1.82) is 0 Å². The van der Waals surface area contributed by atoms with Gasteiger partial charge in [0.25, 0.3) is 0 Å². The van der Waals surface area contributed by atoms with E-state index in [4.69, 9.17) is 4.74 Å². The first-order valence-electron chi connectivity index (χ1n) is 8.62. The van der Waals surface area contributed by atoms with Crippen molar-refractivity contribution in [1.82, 2.24) is 10.2 Å². The van der Waals surface area contributed by atoms with Crippen LogP contribution in [0.15, 0.2) is 0 Å². The summed E-state index contributed by atoms with van der Waals surface area (Å²) >= 11 is 0. The number of piperidine rings is 1. The molecule has 0 bridgehead atoms. The molecule has 1 amide bonds. The van der Waals surface area contributed by atoms with Gasteiger partial charge in [-0.25, -0.2) is 4.79 Å². The summed E-state index contributed by atoms with van der Waals surface area (Å²) in [7, 11) is 0. The van der Waals surface area contributed by atoms with Gasteiger partial charge in [0.05, 0.1) is 6.04 Å². The fourth-order valence-corrected chi connectivity index (χ4v) is 3.60. The van der Waals surface area contributed by atoms with E-state index < -0.39 is 5.60 Å². The molecule has 1 saturated heterocycles. The Morgan fingerprint density at radius 3 is 2.38 bits per heavy atom. The fourth-order valence-electron chi connectivity index (χ4n) is 3.60. The Morgan fingerprint density at radius 1 is 1.14 bits per heavy atom. The lowest BCUT2D eigenvalue weighted by molar-refractivity contribution is 0.00506. The minimum Gasteiger partial charge on any atom is -0.444 e. The van der Waals surface area contributed by atoms with Gasteiger partial charge in [-0.15, -0.1) is 0 Å². The maximum atomic E-state index is 12.4. The van der Waals surface area contributed by atoms with Crippen LogP contribution >= 0.6 is 0 Å². The van der Waals surface area contributed by atoms with Crippen LogP contribution in [0.25, 0.3) is 0 Å². The van der Waals surface area contributed by atoms with E-state index in [0.717, 1.165) is 19.4 Å². The van der Waals surface area contributed by atoms with Gasteiger partial charge < -0.3 is 15.0 Å². The van der Waals surface area contributed by atoms with Gasteiger partial charge in [-0.2, -0.15) is 0 Å². The van der Waals surface area contributed by atoms with E-state index in [0.29, 0.717) is 12.1 Å². The fraction of sp³-hybridized carbons (Fsp3) is 0.941. The van der Waals surface area contributed by atoms with E-state index in [1.165, 1.54) is 32.1 Å². The molecule has 0 spiro atoms. The van der Waals surface area contributed by atoms with Crippen molar-refractivity contribution < 1.29 is 9.53 Å². The van der Waals surface area contributed by atoms with Crippen molar-refractivity contribution in [3.8, 4) is 0 Å². The molecule has 1 heterocycles. The van der Waals surface area contributed by atoms with Crippen LogP contribution in [0.4, 0.5) is 4.79 Å². The van der Waals surface area contributed by atoms with E-state index in [1.54, 1.807) is 0 Å². The van der Waals surface area contributed by atoms with Gasteiger partial charge in [0, 0.05) is 18.6 Å². The normalized spacial score (nSPS) is 25.9. The molecule has 0 radical (unpaired) electrons. The second-order valence-corrected chi connectivity index (χ2v) is 7.67. The highest BCUT2D eigenvalue weighted by atomic mass is 16.6. The number of ether oxygens (including phenoxy) is 1. The van der Waals surface area contributed by atoms with Crippen LogP contribution in [-0.2, 0) is 4.74 Å². The highest BCUT2D eigenvalue weighted by Gasteiger charge is 2.34. The topological polar surface area (TPSA) is 41.6 Å². The zero-order chi connectivity index (χ0) is 15.5. The molecule has 1 aliphatic heterocycles. The molecule has 0 aromatic heterocycles. The molecule has 2 rings (SSSR count). The molecule has 1 N–H and O–H groups in total. The van der Waals surface area contributed by atoms with Crippen molar-refractivity contribution in [3.05, 3.63) is 0 Å². The first-order chi connectivity index (χ1) is 9.87. The summed E-state index contributed by atoms with van der Waals surface area (Å²) in [6.45, 7) is 8.86. The average molecular weight is 296 g/mol. The molecule has 0 aromatic carbocycles. The molecule has 1 aliphatic carbocycles. The lowest BCUT2D eigenvalue weighted by Gasteiger charge is -2.40. The summed E-state index contributed by atoms with van der Waals surface area (Å²) in [5.41, 5.74) is -0.415. The Hall–Kier alpha value is -0.770. The van der Waals surface area contributed by atoms with E-state index in [1.807, 2.05) is 25.7 Å². The summed E-state index contributed by atoms with van der Waals surface area (Å²) in [5, 5.41) is 3.75. The van der Waals surface area contributed by atoms with Crippen LogP contribution in [0.1, 0.15) is 72.6 Å². The highest BCUT2D eigenvalue weighted by Crippen LogP contribution is 2.25. The number of carbonyl (C=O) groups excluding carboxylic acids is 1. The van der Waals surface area contributed by atoms with E-state index >= 15 is 0 Å². The zero-order valence-electron chi connectivity index (χ0n) is 14.2. The predicted molar refractivity (Wildman–Crippen MR) is 85.4 cm³/mol. The van der Waals surface area contributed by atoms with E-state index in [9.17, 15) is 4.79 Å². The number of likely N-dealkylation sites (tertiary alicyclic amines) is 1. The number of carbonyl (C=O) groups is 1. The number of rotatable bonds is 3. The van der Waals surface area contributed by atoms with Crippen molar-refractivity contribution in [2.24, 2.45) is 0 Å². The molecule has 122 valence electrons. The van der Waals surface area contributed by atoms with Crippen LogP contribution in [0, 0.1) is 0 Å². The monoisotopic (exact) mass is 296 g/mol. The summed E-state index contributed by atoms with van der Waals surface area (Å²) in [4.78, 5) is 14.4. The average Bonchev–Trinajstić information content (AvgIpc) is 2.89. The third-order valence-electron chi connectivity index (χ3n) is 4.61. The Morgan fingerprint density at radius 2 is 1.76 bits per heavy atom. The van der Waals surface area contributed by atoms with Gasteiger partial charge in [0.2, 0.25) is 0 Å². The highest BCUT2D eigenvalue weighted by molar-refractivity contribution is 5.68. The summed E-state index contributed by atoms with van der Waals surface area (Å²) in [5.74, 6) is 0. The lowest BCUT2D eigenvalue weighted by Crippen LogP contribution is -2.55. The Bertz CT molecular complexity index is 345. The quantitative estimate of drug-likeness (QED) is 0.863. The molecular formula is C17H32N2O2. The van der Waals surface area contributed by atoms with Crippen molar-refractivity contribution in [2.45, 2.75) is 96.4 Å². The second kappa shape index (κ2) is 6.99. The number of hydrogen-bond acceptors (Lipinski definition) is 3. The van der Waals surface area contributed by atoms with Crippen LogP contribution < -0.4 is 5.32 Å². The molecule has 4 nitrogen and oxygen atoms in total. The predicted octanol–water partition coefficient (Wildman–Crippen LogP) is 3.70. The molecular weight excluding hydrogens is 264 g/mol. The standard InChI is InChI=1S/C17H32N2O2/c1-13(18-14-9-5-6-10-14)15-11-7-8-12-19(15)16(20)21-17(2,3)4/h13-15,18H,5-12H2,1-4H3. The number of amides is 1.